The maximum Gasteiger partial charge on any atom is 0.329 e. The van der Waals surface area contributed by atoms with Crippen molar-refractivity contribution in [2.75, 3.05) is 0 Å². The van der Waals surface area contributed by atoms with Crippen LogP contribution in [0.1, 0.15) is 38.9 Å². The van der Waals surface area contributed by atoms with Gasteiger partial charge in [0, 0.05) is 0 Å². The molecule has 1 unspecified atom stereocenters. The second-order valence-electron chi connectivity index (χ2n) is 5.03. The number of aromatic nitrogens is 2. The highest BCUT2D eigenvalue weighted by atomic mass is 35.5. The fourth-order valence-corrected chi connectivity index (χ4v) is 1.78. The molecule has 17 heavy (non-hydrogen) atoms. The van der Waals surface area contributed by atoms with Crippen LogP contribution in [0.3, 0.4) is 0 Å². The Labute approximate surface area is 104 Å². The number of hydrogen-bond donors (Lipinski definition) is 1. The van der Waals surface area contributed by atoms with Crippen molar-refractivity contribution in [2.45, 2.75) is 33.2 Å². The predicted molar refractivity (Wildman–Crippen MR) is 64.7 cm³/mol. The minimum Gasteiger partial charge on any atom is -0.322 e. The Kier molecular flexibility index (Phi) is 4.00. The molecule has 1 heterocycles. The summed E-state index contributed by atoms with van der Waals surface area (Å²) in [6.45, 7) is 6.00. The van der Waals surface area contributed by atoms with Gasteiger partial charge in [0.25, 0.3) is 0 Å². The van der Waals surface area contributed by atoms with Gasteiger partial charge >= 0.3 is 5.69 Å². The van der Waals surface area contributed by atoms with E-state index in [0.29, 0.717) is 6.42 Å². The Morgan fingerprint density at radius 3 is 2.59 bits per heavy atom. The molecular weight excluding hydrogens is 244 g/mol. The fraction of sp³-hybridized carbons (Fsp3) is 0.600. The van der Waals surface area contributed by atoms with Crippen LogP contribution >= 0.6 is 11.6 Å². The Morgan fingerprint density at radius 2 is 2.12 bits per heavy atom. The maximum atomic E-state index is 10.9. The monoisotopic (exact) mass is 258 g/mol. The Balaban J connectivity index is 3.13. The smallest absolute Gasteiger partial charge is 0.322 e. The van der Waals surface area contributed by atoms with Gasteiger partial charge in [-0.3, -0.25) is 10.1 Å². The molecule has 0 fully saturated rings. The number of nitrogens with two attached hydrogens (primary N) is 1. The molecule has 1 rings (SSSR count). The molecule has 94 valence electrons. The highest BCUT2D eigenvalue weighted by molar-refractivity contribution is 6.31. The van der Waals surface area contributed by atoms with Crippen molar-refractivity contribution in [1.82, 2.24) is 9.97 Å². The minimum atomic E-state index is -0.597. The van der Waals surface area contributed by atoms with Crippen molar-refractivity contribution >= 4 is 17.3 Å². The lowest BCUT2D eigenvalue weighted by Crippen LogP contribution is -2.21. The quantitative estimate of drug-likeness (QED) is 0.510. The summed E-state index contributed by atoms with van der Waals surface area (Å²) >= 11 is 5.69. The van der Waals surface area contributed by atoms with Gasteiger partial charge in [-0.05, 0) is 11.8 Å². The normalized spacial score (nSPS) is 13.5. The molecule has 0 saturated carbocycles. The van der Waals surface area contributed by atoms with Crippen molar-refractivity contribution in [2.24, 2.45) is 11.1 Å². The summed E-state index contributed by atoms with van der Waals surface area (Å²) in [5, 5.41) is 10.7. The van der Waals surface area contributed by atoms with E-state index in [1.54, 1.807) is 0 Å². The SMILES string of the molecule is CC(C)(C)CC(N)c1ncnc(Cl)c1[N+](=O)[O-]. The molecule has 0 aliphatic carbocycles. The summed E-state index contributed by atoms with van der Waals surface area (Å²) in [6.07, 6.45) is 1.76. The van der Waals surface area contributed by atoms with Crippen LogP contribution in [0.15, 0.2) is 6.33 Å². The van der Waals surface area contributed by atoms with Crippen molar-refractivity contribution < 1.29 is 4.92 Å². The summed E-state index contributed by atoms with van der Waals surface area (Å²) in [5.74, 6) is 0. The summed E-state index contributed by atoms with van der Waals surface area (Å²) < 4.78 is 0. The van der Waals surface area contributed by atoms with Crippen LogP contribution in [0.2, 0.25) is 5.15 Å². The van der Waals surface area contributed by atoms with E-state index in [-0.39, 0.29) is 21.9 Å². The minimum absolute atomic E-state index is 0.0509. The molecule has 6 nitrogen and oxygen atoms in total. The predicted octanol–water partition coefficient (Wildman–Crippen LogP) is 2.47. The summed E-state index contributed by atoms with van der Waals surface area (Å²) in [6, 6.07) is -0.532. The largest absolute Gasteiger partial charge is 0.329 e. The summed E-state index contributed by atoms with van der Waals surface area (Å²) in [4.78, 5) is 17.8. The number of hydrogen-bond acceptors (Lipinski definition) is 5. The molecule has 1 aromatic heterocycles. The first kappa shape index (κ1) is 13.8. The van der Waals surface area contributed by atoms with E-state index in [2.05, 4.69) is 9.97 Å². The van der Waals surface area contributed by atoms with Gasteiger partial charge in [-0.2, -0.15) is 0 Å². The Hall–Kier alpha value is -1.27. The van der Waals surface area contributed by atoms with Gasteiger partial charge in [0.2, 0.25) is 5.15 Å². The number of nitro groups is 1. The molecule has 0 aliphatic rings. The molecule has 0 radical (unpaired) electrons. The number of nitrogens with zero attached hydrogens (tertiary/aromatic N) is 3. The third-order valence-electron chi connectivity index (χ3n) is 2.17. The maximum absolute atomic E-state index is 10.9. The molecule has 0 spiro atoms. The summed E-state index contributed by atoms with van der Waals surface area (Å²) in [7, 11) is 0. The lowest BCUT2D eigenvalue weighted by Gasteiger charge is -2.22. The van der Waals surface area contributed by atoms with Gasteiger partial charge in [-0.1, -0.05) is 32.4 Å². The van der Waals surface area contributed by atoms with Crippen LogP contribution in [0.5, 0.6) is 0 Å². The first-order valence-electron chi connectivity index (χ1n) is 5.13. The number of halogens is 1. The Morgan fingerprint density at radius 1 is 1.53 bits per heavy atom. The van der Waals surface area contributed by atoms with Gasteiger partial charge in [-0.25, -0.2) is 9.97 Å². The first-order valence-corrected chi connectivity index (χ1v) is 5.50. The van der Waals surface area contributed by atoms with Crippen LogP contribution in [0.4, 0.5) is 5.69 Å². The molecule has 0 amide bonds. The van der Waals surface area contributed by atoms with E-state index >= 15 is 0 Å². The summed E-state index contributed by atoms with van der Waals surface area (Å²) in [5.41, 5.74) is 5.77. The average Bonchev–Trinajstić information content (AvgIpc) is 2.13. The van der Waals surface area contributed by atoms with E-state index in [9.17, 15) is 10.1 Å². The average molecular weight is 259 g/mol. The molecule has 0 bridgehead atoms. The second kappa shape index (κ2) is 4.93. The van der Waals surface area contributed by atoms with Crippen molar-refractivity contribution in [3.63, 3.8) is 0 Å². The third-order valence-corrected chi connectivity index (χ3v) is 2.45. The van der Waals surface area contributed by atoms with Crippen LogP contribution in [-0.4, -0.2) is 14.9 Å². The van der Waals surface area contributed by atoms with Crippen molar-refractivity contribution in [3.8, 4) is 0 Å². The van der Waals surface area contributed by atoms with Gasteiger partial charge in [0.05, 0.1) is 11.0 Å². The molecule has 1 atom stereocenters. The molecule has 0 aromatic carbocycles. The van der Waals surface area contributed by atoms with E-state index < -0.39 is 11.0 Å². The van der Waals surface area contributed by atoms with E-state index in [0.717, 1.165) is 0 Å². The Bertz CT molecular complexity index is 431. The zero-order valence-electron chi connectivity index (χ0n) is 9.98. The van der Waals surface area contributed by atoms with Crippen LogP contribution in [0, 0.1) is 15.5 Å². The molecule has 0 aliphatic heterocycles. The molecular formula is C10H15ClN4O2. The zero-order chi connectivity index (χ0) is 13.2. The molecule has 2 N–H and O–H groups in total. The van der Waals surface area contributed by atoms with Crippen LogP contribution in [-0.2, 0) is 0 Å². The highest BCUT2D eigenvalue weighted by Crippen LogP contribution is 2.33. The molecule has 1 aromatic rings. The third kappa shape index (κ3) is 3.61. The number of rotatable bonds is 3. The molecule has 7 heteroatoms. The van der Waals surface area contributed by atoms with Crippen LogP contribution < -0.4 is 5.73 Å². The van der Waals surface area contributed by atoms with E-state index in [4.69, 9.17) is 17.3 Å². The van der Waals surface area contributed by atoms with E-state index in [1.165, 1.54) is 6.33 Å². The van der Waals surface area contributed by atoms with Crippen molar-refractivity contribution in [3.05, 3.63) is 27.3 Å². The molecule has 0 saturated heterocycles. The lowest BCUT2D eigenvalue weighted by atomic mass is 9.87. The second-order valence-corrected chi connectivity index (χ2v) is 5.38. The van der Waals surface area contributed by atoms with Crippen molar-refractivity contribution in [1.29, 1.82) is 0 Å². The van der Waals surface area contributed by atoms with Gasteiger partial charge in [0.15, 0.2) is 0 Å². The highest BCUT2D eigenvalue weighted by Gasteiger charge is 2.28. The topological polar surface area (TPSA) is 94.9 Å². The van der Waals surface area contributed by atoms with Gasteiger partial charge in [0.1, 0.15) is 12.0 Å². The van der Waals surface area contributed by atoms with Crippen LogP contribution in [0.25, 0.3) is 0 Å². The standard InChI is InChI=1S/C10H15ClN4O2/c1-10(2,3)4-6(12)7-8(15(16)17)9(11)14-5-13-7/h5-6H,4,12H2,1-3H3. The lowest BCUT2D eigenvalue weighted by molar-refractivity contribution is -0.386. The fourth-order valence-electron chi connectivity index (χ4n) is 1.57. The first-order chi connectivity index (χ1) is 7.72. The van der Waals surface area contributed by atoms with Gasteiger partial charge < -0.3 is 5.73 Å². The zero-order valence-corrected chi connectivity index (χ0v) is 10.7. The van der Waals surface area contributed by atoms with E-state index in [1.807, 2.05) is 20.8 Å². The van der Waals surface area contributed by atoms with Gasteiger partial charge in [-0.15, -0.1) is 0 Å².